The SMILES string of the molecule is C=C(C)CN=c1scc(-c2cccc(Br)c2)n1N=Cc1cccc(O)c1O. The van der Waals surface area contributed by atoms with Crippen LogP contribution >= 0.6 is 27.3 Å². The van der Waals surface area contributed by atoms with Crippen molar-refractivity contribution >= 4 is 33.5 Å². The van der Waals surface area contributed by atoms with Crippen LogP contribution in [0.4, 0.5) is 0 Å². The minimum Gasteiger partial charge on any atom is -0.504 e. The zero-order valence-corrected chi connectivity index (χ0v) is 17.0. The molecule has 1 heterocycles. The Bertz CT molecular complexity index is 1080. The van der Waals surface area contributed by atoms with Crippen molar-refractivity contribution in [2.75, 3.05) is 6.54 Å². The number of halogens is 1. The summed E-state index contributed by atoms with van der Waals surface area (Å²) in [5, 5.41) is 26.2. The Kier molecular flexibility index (Phi) is 5.93. The number of phenolic OH excluding ortho intramolecular Hbond substituents is 2. The fourth-order valence-corrected chi connectivity index (χ4v) is 3.58. The first-order valence-electron chi connectivity index (χ1n) is 8.12. The highest BCUT2D eigenvalue weighted by Crippen LogP contribution is 2.27. The van der Waals surface area contributed by atoms with Gasteiger partial charge >= 0.3 is 0 Å². The second-order valence-electron chi connectivity index (χ2n) is 5.96. The van der Waals surface area contributed by atoms with Crippen molar-refractivity contribution in [3.05, 3.63) is 74.8 Å². The second kappa shape index (κ2) is 8.37. The van der Waals surface area contributed by atoms with Crippen LogP contribution in [0.15, 0.2) is 74.6 Å². The number of aromatic nitrogens is 1. The molecule has 3 rings (SSSR count). The van der Waals surface area contributed by atoms with Gasteiger partial charge in [-0.1, -0.05) is 46.3 Å². The lowest BCUT2D eigenvalue weighted by Crippen LogP contribution is -2.13. The Morgan fingerprint density at radius 2 is 2.04 bits per heavy atom. The molecule has 1 aromatic heterocycles. The van der Waals surface area contributed by atoms with Gasteiger partial charge in [0.1, 0.15) is 0 Å². The van der Waals surface area contributed by atoms with Crippen molar-refractivity contribution in [3.63, 3.8) is 0 Å². The molecule has 0 saturated heterocycles. The molecule has 0 spiro atoms. The Hall–Kier alpha value is -2.64. The number of aromatic hydroxyl groups is 2. The van der Waals surface area contributed by atoms with Crippen molar-refractivity contribution < 1.29 is 10.2 Å². The molecule has 5 nitrogen and oxygen atoms in total. The van der Waals surface area contributed by atoms with E-state index < -0.39 is 0 Å². The van der Waals surface area contributed by atoms with E-state index in [1.807, 2.05) is 36.6 Å². The zero-order chi connectivity index (χ0) is 19.4. The fourth-order valence-electron chi connectivity index (χ4n) is 2.34. The third-order valence-electron chi connectivity index (χ3n) is 3.65. The third kappa shape index (κ3) is 4.56. The van der Waals surface area contributed by atoms with E-state index in [0.29, 0.717) is 16.9 Å². The molecule has 2 aromatic carbocycles. The lowest BCUT2D eigenvalue weighted by Gasteiger charge is -2.05. The smallest absolute Gasteiger partial charge is 0.206 e. The van der Waals surface area contributed by atoms with E-state index in [-0.39, 0.29) is 11.5 Å². The maximum absolute atomic E-state index is 10.0. The topological polar surface area (TPSA) is 70.1 Å². The van der Waals surface area contributed by atoms with Crippen LogP contribution in [0, 0.1) is 0 Å². The molecule has 0 amide bonds. The molecule has 138 valence electrons. The molecule has 0 radical (unpaired) electrons. The molecule has 0 aliphatic heterocycles. The summed E-state index contributed by atoms with van der Waals surface area (Å²) in [5.41, 5.74) is 3.22. The van der Waals surface area contributed by atoms with E-state index in [9.17, 15) is 10.2 Å². The van der Waals surface area contributed by atoms with Gasteiger partial charge in [0, 0.05) is 21.0 Å². The molecule has 0 aliphatic carbocycles. The molecule has 3 aromatic rings. The molecule has 0 saturated carbocycles. The van der Waals surface area contributed by atoms with Gasteiger partial charge in [0.25, 0.3) is 0 Å². The van der Waals surface area contributed by atoms with Gasteiger partial charge in [-0.3, -0.25) is 4.99 Å². The second-order valence-corrected chi connectivity index (χ2v) is 7.71. The van der Waals surface area contributed by atoms with Crippen LogP contribution in [0.2, 0.25) is 0 Å². The molecule has 0 unspecified atom stereocenters. The summed E-state index contributed by atoms with van der Waals surface area (Å²) in [5.74, 6) is -0.393. The van der Waals surface area contributed by atoms with Gasteiger partial charge in [0.15, 0.2) is 11.5 Å². The molecule has 0 fully saturated rings. The lowest BCUT2D eigenvalue weighted by molar-refractivity contribution is 0.403. The van der Waals surface area contributed by atoms with E-state index in [1.165, 1.54) is 23.6 Å². The van der Waals surface area contributed by atoms with Crippen LogP contribution in [-0.4, -0.2) is 27.6 Å². The van der Waals surface area contributed by atoms with E-state index in [0.717, 1.165) is 21.3 Å². The lowest BCUT2D eigenvalue weighted by atomic mass is 10.2. The predicted octanol–water partition coefficient (Wildman–Crippen LogP) is 4.75. The fraction of sp³-hybridized carbons (Fsp3) is 0.100. The standard InChI is InChI=1S/C20H18BrN3O2S/c1-13(2)10-22-20-24(23-11-15-6-4-8-18(25)19(15)26)17(12-27-20)14-5-3-7-16(21)9-14/h3-9,11-12,25-26H,1,10H2,2H3. The van der Waals surface area contributed by atoms with E-state index in [4.69, 9.17) is 0 Å². The van der Waals surface area contributed by atoms with Crippen LogP contribution in [0.1, 0.15) is 12.5 Å². The Morgan fingerprint density at radius 1 is 1.26 bits per heavy atom. The summed E-state index contributed by atoms with van der Waals surface area (Å²) in [6.45, 7) is 6.31. The number of benzene rings is 2. The Morgan fingerprint density at radius 3 is 2.78 bits per heavy atom. The molecular weight excluding hydrogens is 426 g/mol. The van der Waals surface area contributed by atoms with Crippen molar-refractivity contribution in [2.24, 2.45) is 10.1 Å². The maximum Gasteiger partial charge on any atom is 0.206 e. The quantitative estimate of drug-likeness (QED) is 0.339. The van der Waals surface area contributed by atoms with Crippen LogP contribution in [0.3, 0.4) is 0 Å². The minimum atomic E-state index is -0.207. The highest BCUT2D eigenvalue weighted by atomic mass is 79.9. The number of hydrogen-bond acceptors (Lipinski definition) is 5. The number of phenols is 2. The molecule has 27 heavy (non-hydrogen) atoms. The highest BCUT2D eigenvalue weighted by Gasteiger charge is 2.09. The van der Waals surface area contributed by atoms with Gasteiger partial charge in [0.2, 0.25) is 4.80 Å². The van der Waals surface area contributed by atoms with Crippen molar-refractivity contribution in [1.82, 2.24) is 4.68 Å². The molecule has 0 aliphatic rings. The van der Waals surface area contributed by atoms with Crippen molar-refractivity contribution in [1.29, 1.82) is 0 Å². The summed E-state index contributed by atoms with van der Waals surface area (Å²) in [6.07, 6.45) is 1.50. The van der Waals surface area contributed by atoms with E-state index >= 15 is 0 Å². The molecular formula is C20H18BrN3O2S. The highest BCUT2D eigenvalue weighted by molar-refractivity contribution is 9.10. The van der Waals surface area contributed by atoms with E-state index in [2.05, 4.69) is 32.6 Å². The average Bonchev–Trinajstić information content (AvgIpc) is 3.04. The first-order chi connectivity index (χ1) is 13.0. The van der Waals surface area contributed by atoms with Gasteiger partial charge in [-0.2, -0.15) is 5.10 Å². The average molecular weight is 444 g/mol. The Labute approximate surface area is 169 Å². The number of rotatable bonds is 5. The van der Waals surface area contributed by atoms with Gasteiger partial charge in [-0.25, -0.2) is 4.68 Å². The van der Waals surface area contributed by atoms with Crippen molar-refractivity contribution in [3.8, 4) is 22.8 Å². The number of thiazole rings is 1. The number of para-hydroxylation sites is 1. The van der Waals surface area contributed by atoms with Gasteiger partial charge in [-0.05, 0) is 31.2 Å². The summed E-state index contributed by atoms with van der Waals surface area (Å²) in [7, 11) is 0. The summed E-state index contributed by atoms with van der Waals surface area (Å²) in [4.78, 5) is 5.28. The maximum atomic E-state index is 10.0. The minimum absolute atomic E-state index is 0.186. The van der Waals surface area contributed by atoms with Gasteiger partial charge < -0.3 is 10.2 Å². The van der Waals surface area contributed by atoms with Crippen molar-refractivity contribution in [2.45, 2.75) is 6.92 Å². The van der Waals surface area contributed by atoms with Gasteiger partial charge in [-0.15, -0.1) is 11.3 Å². The first kappa shape index (κ1) is 19.1. The molecule has 0 bridgehead atoms. The Balaban J connectivity index is 2.11. The zero-order valence-electron chi connectivity index (χ0n) is 14.6. The van der Waals surface area contributed by atoms with Gasteiger partial charge in [0.05, 0.1) is 18.5 Å². The third-order valence-corrected chi connectivity index (χ3v) is 5.00. The summed E-state index contributed by atoms with van der Waals surface area (Å²) >= 11 is 4.97. The molecule has 2 N–H and O–H groups in total. The van der Waals surface area contributed by atoms with Crippen LogP contribution < -0.4 is 4.80 Å². The predicted molar refractivity (Wildman–Crippen MR) is 113 cm³/mol. The van der Waals surface area contributed by atoms with Crippen LogP contribution in [-0.2, 0) is 0 Å². The number of nitrogens with zero attached hydrogens (tertiary/aromatic N) is 3. The summed E-state index contributed by atoms with van der Waals surface area (Å²) in [6, 6.07) is 12.7. The molecule has 0 atom stereocenters. The normalized spacial score (nSPS) is 12.0. The van der Waals surface area contributed by atoms with E-state index in [1.54, 1.807) is 16.8 Å². The first-order valence-corrected chi connectivity index (χ1v) is 9.79. The summed E-state index contributed by atoms with van der Waals surface area (Å²) < 4.78 is 2.69. The molecule has 7 heteroatoms. The number of hydrogen-bond donors (Lipinski definition) is 2. The van der Waals surface area contributed by atoms with Crippen LogP contribution in [0.5, 0.6) is 11.5 Å². The van der Waals surface area contributed by atoms with Crippen LogP contribution in [0.25, 0.3) is 11.3 Å². The largest absolute Gasteiger partial charge is 0.504 e. The monoisotopic (exact) mass is 443 g/mol.